The molecule has 0 atom stereocenters. The first-order valence-corrected chi connectivity index (χ1v) is 5.95. The molecule has 0 saturated heterocycles. The number of rotatable bonds is 0. The Kier molecular flexibility index (Phi) is 1.86. The minimum absolute atomic E-state index is 1.000. The van der Waals surface area contributed by atoms with E-state index >= 15 is 0 Å². The molecule has 0 radical (unpaired) electrons. The second-order valence-corrected chi connectivity index (χ2v) is 4.38. The first-order valence-electron chi connectivity index (χ1n) is 5.95. The van der Waals surface area contributed by atoms with Crippen molar-refractivity contribution in [3.8, 4) is 0 Å². The molecule has 0 aliphatic rings. The van der Waals surface area contributed by atoms with Crippen molar-refractivity contribution in [2.75, 3.05) is 0 Å². The fraction of sp³-hybridized carbons (Fsp3) is 0. The minimum atomic E-state index is 1.000. The molecule has 0 aliphatic carbocycles. The van der Waals surface area contributed by atoms with E-state index in [-0.39, 0.29) is 0 Å². The van der Waals surface area contributed by atoms with Gasteiger partial charge in [-0.1, -0.05) is 36.4 Å². The third-order valence-corrected chi connectivity index (χ3v) is 3.33. The molecule has 0 fully saturated rings. The van der Waals surface area contributed by atoms with E-state index in [0.29, 0.717) is 0 Å². The Morgan fingerprint density at radius 3 is 2.61 bits per heavy atom. The summed E-state index contributed by atoms with van der Waals surface area (Å²) in [7, 11) is 0. The largest absolute Gasteiger partial charge is 0.256 e. The first kappa shape index (κ1) is 9.54. The summed E-state index contributed by atoms with van der Waals surface area (Å²) in [5.74, 6) is 0. The smallest absolute Gasteiger partial charge is 0.0802 e. The fourth-order valence-corrected chi connectivity index (χ4v) is 2.48. The van der Waals surface area contributed by atoms with Gasteiger partial charge in [0.2, 0.25) is 0 Å². The van der Waals surface area contributed by atoms with Gasteiger partial charge in [-0.3, -0.25) is 9.97 Å². The molecule has 0 bridgehead atoms. The molecular weight excluding hydrogens is 220 g/mol. The summed E-state index contributed by atoms with van der Waals surface area (Å²) in [6.45, 7) is 0. The second-order valence-electron chi connectivity index (χ2n) is 4.38. The summed E-state index contributed by atoms with van der Waals surface area (Å²) in [6.07, 6.45) is 3.76. The predicted octanol–water partition coefficient (Wildman–Crippen LogP) is 3.94. The molecule has 4 aromatic rings. The fourth-order valence-electron chi connectivity index (χ4n) is 2.48. The van der Waals surface area contributed by atoms with Crippen molar-refractivity contribution in [2.45, 2.75) is 0 Å². The Morgan fingerprint density at radius 1 is 0.722 bits per heavy atom. The van der Waals surface area contributed by atoms with Gasteiger partial charge in [0.05, 0.1) is 11.0 Å². The average molecular weight is 230 g/mol. The SMILES string of the molecule is c1ccc2c(c1)cnc1ccc3cccnc3c12. The lowest BCUT2D eigenvalue weighted by Crippen LogP contribution is -1.85. The van der Waals surface area contributed by atoms with Crippen LogP contribution >= 0.6 is 0 Å². The van der Waals surface area contributed by atoms with Crippen molar-refractivity contribution < 1.29 is 0 Å². The Hall–Kier alpha value is -2.48. The Bertz CT molecular complexity index is 811. The number of hydrogen-bond acceptors (Lipinski definition) is 2. The van der Waals surface area contributed by atoms with Gasteiger partial charge in [0.1, 0.15) is 0 Å². The second kappa shape index (κ2) is 3.50. The lowest BCUT2D eigenvalue weighted by Gasteiger charge is -2.05. The molecule has 4 rings (SSSR count). The zero-order valence-electron chi connectivity index (χ0n) is 9.67. The van der Waals surface area contributed by atoms with Crippen LogP contribution in [0.25, 0.3) is 32.6 Å². The van der Waals surface area contributed by atoms with Crippen LogP contribution in [0.3, 0.4) is 0 Å². The van der Waals surface area contributed by atoms with Crippen LogP contribution in [-0.2, 0) is 0 Å². The molecule has 0 N–H and O–H groups in total. The van der Waals surface area contributed by atoms with E-state index in [2.05, 4.69) is 46.4 Å². The highest BCUT2D eigenvalue weighted by atomic mass is 14.7. The van der Waals surface area contributed by atoms with Gasteiger partial charge in [0.15, 0.2) is 0 Å². The minimum Gasteiger partial charge on any atom is -0.256 e. The zero-order chi connectivity index (χ0) is 11.9. The van der Waals surface area contributed by atoms with Crippen molar-refractivity contribution in [1.82, 2.24) is 9.97 Å². The zero-order valence-corrected chi connectivity index (χ0v) is 9.67. The van der Waals surface area contributed by atoms with Crippen molar-refractivity contribution >= 4 is 32.6 Å². The van der Waals surface area contributed by atoms with Crippen molar-refractivity contribution in [2.24, 2.45) is 0 Å². The highest BCUT2D eigenvalue weighted by Gasteiger charge is 2.06. The molecule has 0 amide bonds. The Morgan fingerprint density at radius 2 is 1.61 bits per heavy atom. The molecule has 2 nitrogen and oxygen atoms in total. The van der Waals surface area contributed by atoms with Gasteiger partial charge in [-0.2, -0.15) is 0 Å². The van der Waals surface area contributed by atoms with Crippen molar-refractivity contribution in [1.29, 1.82) is 0 Å². The number of benzene rings is 2. The molecule has 2 heterocycles. The highest BCUT2D eigenvalue weighted by molar-refractivity contribution is 6.17. The standard InChI is InChI=1S/C16H10N2/c1-2-6-13-12(4-1)10-18-14-8-7-11-5-3-9-17-16(11)15(13)14/h1-10H. The third kappa shape index (κ3) is 1.23. The van der Waals surface area contributed by atoms with Crippen LogP contribution in [0, 0.1) is 0 Å². The lowest BCUT2D eigenvalue weighted by atomic mass is 10.0. The van der Waals surface area contributed by atoms with Crippen LogP contribution in [-0.4, -0.2) is 9.97 Å². The highest BCUT2D eigenvalue weighted by Crippen LogP contribution is 2.28. The maximum Gasteiger partial charge on any atom is 0.0802 e. The van der Waals surface area contributed by atoms with Crippen LogP contribution in [0.15, 0.2) is 60.9 Å². The Balaban J connectivity index is 2.38. The molecule has 18 heavy (non-hydrogen) atoms. The molecule has 2 aromatic carbocycles. The van der Waals surface area contributed by atoms with E-state index in [4.69, 9.17) is 0 Å². The van der Waals surface area contributed by atoms with E-state index in [1.54, 1.807) is 0 Å². The van der Waals surface area contributed by atoms with Gasteiger partial charge < -0.3 is 0 Å². The molecule has 0 saturated carbocycles. The predicted molar refractivity (Wildman–Crippen MR) is 74.6 cm³/mol. The monoisotopic (exact) mass is 230 g/mol. The summed E-state index contributed by atoms with van der Waals surface area (Å²) in [6, 6.07) is 16.5. The number of aromatic nitrogens is 2. The topological polar surface area (TPSA) is 25.8 Å². The molecule has 84 valence electrons. The molecule has 0 spiro atoms. The van der Waals surface area contributed by atoms with E-state index < -0.39 is 0 Å². The van der Waals surface area contributed by atoms with Crippen LogP contribution in [0.2, 0.25) is 0 Å². The maximum atomic E-state index is 4.52. The van der Waals surface area contributed by atoms with E-state index in [0.717, 1.165) is 27.2 Å². The van der Waals surface area contributed by atoms with Gasteiger partial charge in [0, 0.05) is 28.6 Å². The summed E-state index contributed by atoms with van der Waals surface area (Å²) in [5, 5.41) is 4.67. The van der Waals surface area contributed by atoms with Gasteiger partial charge in [-0.05, 0) is 17.5 Å². The number of fused-ring (bicyclic) bond motifs is 5. The van der Waals surface area contributed by atoms with Gasteiger partial charge >= 0.3 is 0 Å². The molecular formula is C16H10N2. The van der Waals surface area contributed by atoms with E-state index in [1.807, 2.05) is 24.5 Å². The summed E-state index contributed by atoms with van der Waals surface area (Å²) < 4.78 is 0. The summed E-state index contributed by atoms with van der Waals surface area (Å²) in [5.41, 5.74) is 2.03. The van der Waals surface area contributed by atoms with Crippen LogP contribution in [0.5, 0.6) is 0 Å². The number of nitrogens with zero attached hydrogens (tertiary/aromatic N) is 2. The number of pyridine rings is 2. The lowest BCUT2D eigenvalue weighted by molar-refractivity contribution is 1.41. The number of hydrogen-bond donors (Lipinski definition) is 0. The quantitative estimate of drug-likeness (QED) is 0.428. The van der Waals surface area contributed by atoms with Crippen LogP contribution in [0.4, 0.5) is 0 Å². The molecule has 2 aromatic heterocycles. The van der Waals surface area contributed by atoms with E-state index in [9.17, 15) is 0 Å². The summed E-state index contributed by atoms with van der Waals surface area (Å²) in [4.78, 5) is 9.04. The third-order valence-electron chi connectivity index (χ3n) is 3.33. The van der Waals surface area contributed by atoms with Crippen molar-refractivity contribution in [3.63, 3.8) is 0 Å². The first-order chi connectivity index (χ1) is 8.93. The van der Waals surface area contributed by atoms with Crippen molar-refractivity contribution in [3.05, 3.63) is 60.9 Å². The van der Waals surface area contributed by atoms with Gasteiger partial charge in [0.25, 0.3) is 0 Å². The van der Waals surface area contributed by atoms with Gasteiger partial charge in [-0.25, -0.2) is 0 Å². The normalized spacial score (nSPS) is 11.3. The van der Waals surface area contributed by atoms with Crippen LogP contribution in [0.1, 0.15) is 0 Å². The van der Waals surface area contributed by atoms with Crippen LogP contribution < -0.4 is 0 Å². The Labute approximate surface area is 104 Å². The maximum absolute atomic E-state index is 4.52. The van der Waals surface area contributed by atoms with E-state index in [1.165, 1.54) is 5.39 Å². The average Bonchev–Trinajstić information content (AvgIpc) is 2.46. The van der Waals surface area contributed by atoms with Gasteiger partial charge in [-0.15, -0.1) is 0 Å². The molecule has 0 aliphatic heterocycles. The molecule has 2 heteroatoms. The summed E-state index contributed by atoms with van der Waals surface area (Å²) >= 11 is 0. The molecule has 0 unspecified atom stereocenters.